The van der Waals surface area contributed by atoms with Crippen LogP contribution in [0.4, 0.5) is 0 Å². The minimum absolute atomic E-state index is 0.0562. The van der Waals surface area contributed by atoms with Crippen LogP contribution in [0.3, 0.4) is 0 Å². The van der Waals surface area contributed by atoms with Crippen LogP contribution in [0.5, 0.6) is 0 Å². The Hall–Kier alpha value is -2.14. The van der Waals surface area contributed by atoms with Gasteiger partial charge >= 0.3 is 0 Å². The van der Waals surface area contributed by atoms with Gasteiger partial charge in [-0.15, -0.1) is 0 Å². The molecular weight excluding hydrogens is 264 g/mol. The Bertz CT molecular complexity index is 652. The van der Waals surface area contributed by atoms with E-state index in [0.717, 1.165) is 16.6 Å². The van der Waals surface area contributed by atoms with Crippen LogP contribution >= 0.6 is 0 Å². The maximum Gasteiger partial charge on any atom is 0.244 e. The molecule has 4 N–H and O–H groups in total. The van der Waals surface area contributed by atoms with E-state index in [1.807, 2.05) is 18.3 Å². The first-order valence-electron chi connectivity index (χ1n) is 7.02. The summed E-state index contributed by atoms with van der Waals surface area (Å²) in [5, 5.41) is 3.93. The molecule has 0 unspecified atom stereocenters. The molecule has 0 fully saturated rings. The highest BCUT2D eigenvalue weighted by Crippen LogP contribution is 2.19. The van der Waals surface area contributed by atoms with Crippen LogP contribution in [-0.2, 0) is 4.79 Å². The largest absolute Gasteiger partial charge is 0.348 e. The Morgan fingerprint density at radius 1 is 1.52 bits per heavy atom. The van der Waals surface area contributed by atoms with Gasteiger partial charge in [0, 0.05) is 42.0 Å². The summed E-state index contributed by atoms with van der Waals surface area (Å²) in [6, 6.07) is 3.78. The van der Waals surface area contributed by atoms with E-state index in [-0.39, 0.29) is 17.4 Å². The van der Waals surface area contributed by atoms with Gasteiger partial charge in [0.25, 0.3) is 0 Å². The van der Waals surface area contributed by atoms with E-state index in [2.05, 4.69) is 36.1 Å². The van der Waals surface area contributed by atoms with Crippen molar-refractivity contribution in [1.29, 1.82) is 0 Å². The number of hydrogen-bond donors (Lipinski definition) is 3. The first-order chi connectivity index (χ1) is 9.91. The van der Waals surface area contributed by atoms with E-state index in [4.69, 9.17) is 5.73 Å². The number of pyridine rings is 1. The predicted octanol–water partition coefficient (Wildman–Crippen LogP) is 2.07. The number of amides is 1. The minimum atomic E-state index is -0.140. The molecule has 0 saturated carbocycles. The number of hydrogen-bond acceptors (Lipinski definition) is 3. The van der Waals surface area contributed by atoms with Crippen molar-refractivity contribution in [2.45, 2.75) is 26.8 Å². The van der Waals surface area contributed by atoms with Gasteiger partial charge in [-0.05, 0) is 23.6 Å². The summed E-state index contributed by atoms with van der Waals surface area (Å²) < 4.78 is 0. The van der Waals surface area contributed by atoms with E-state index in [9.17, 15) is 4.79 Å². The lowest BCUT2D eigenvalue weighted by Crippen LogP contribution is -2.47. The molecule has 0 radical (unpaired) electrons. The summed E-state index contributed by atoms with van der Waals surface area (Å²) in [7, 11) is 0. The van der Waals surface area contributed by atoms with E-state index < -0.39 is 0 Å². The Morgan fingerprint density at radius 2 is 2.29 bits per heavy atom. The number of carbonyl (C=O) groups is 1. The molecule has 5 heteroatoms. The maximum atomic E-state index is 12.0. The zero-order chi connectivity index (χ0) is 15.5. The molecule has 0 aromatic carbocycles. The third-order valence-electron chi connectivity index (χ3n) is 3.49. The Balaban J connectivity index is 2.09. The summed E-state index contributed by atoms with van der Waals surface area (Å²) in [5.41, 5.74) is 7.40. The molecule has 2 aromatic rings. The standard InChI is InChI=1S/C16H22N4O/c1-16(2,3)13(9-17)20-14(21)7-6-11-10-19-15-12(11)5-4-8-18-15/h4-8,10,13H,9,17H2,1-3H3,(H,18,19)(H,20,21)/t13-/m1/s1. The minimum Gasteiger partial charge on any atom is -0.348 e. The van der Waals surface area contributed by atoms with Gasteiger partial charge in [0.05, 0.1) is 0 Å². The van der Waals surface area contributed by atoms with Crippen LogP contribution in [0.15, 0.2) is 30.6 Å². The lowest BCUT2D eigenvalue weighted by atomic mass is 9.87. The number of rotatable bonds is 4. The highest BCUT2D eigenvalue weighted by atomic mass is 16.1. The van der Waals surface area contributed by atoms with E-state index in [1.165, 1.54) is 6.08 Å². The average Bonchev–Trinajstić information content (AvgIpc) is 2.84. The molecule has 1 amide bonds. The predicted molar refractivity (Wildman–Crippen MR) is 85.6 cm³/mol. The number of nitrogens with zero attached hydrogens (tertiary/aromatic N) is 1. The van der Waals surface area contributed by atoms with Crippen molar-refractivity contribution in [1.82, 2.24) is 15.3 Å². The van der Waals surface area contributed by atoms with Crippen molar-refractivity contribution in [3.8, 4) is 0 Å². The van der Waals surface area contributed by atoms with Crippen molar-refractivity contribution < 1.29 is 4.79 Å². The molecule has 5 nitrogen and oxygen atoms in total. The van der Waals surface area contributed by atoms with Gasteiger partial charge in [0.2, 0.25) is 5.91 Å². The Kier molecular flexibility index (Phi) is 4.43. The van der Waals surface area contributed by atoms with Crippen molar-refractivity contribution >= 4 is 23.0 Å². The number of aromatic nitrogens is 2. The molecule has 0 spiro atoms. The second-order valence-corrected chi connectivity index (χ2v) is 6.14. The summed E-state index contributed by atoms with van der Waals surface area (Å²) in [5.74, 6) is -0.140. The summed E-state index contributed by atoms with van der Waals surface area (Å²) in [4.78, 5) is 19.3. The Morgan fingerprint density at radius 3 is 2.95 bits per heavy atom. The fraction of sp³-hybridized carbons (Fsp3) is 0.375. The molecule has 0 aliphatic carbocycles. The number of carbonyl (C=O) groups excluding carboxylic acids is 1. The molecule has 112 valence electrons. The Labute approximate surface area is 124 Å². The summed E-state index contributed by atoms with van der Waals surface area (Å²) >= 11 is 0. The zero-order valence-electron chi connectivity index (χ0n) is 12.7. The van der Waals surface area contributed by atoms with Gasteiger partial charge in [-0.1, -0.05) is 20.8 Å². The summed E-state index contributed by atoms with van der Waals surface area (Å²) in [6.07, 6.45) is 6.88. The van der Waals surface area contributed by atoms with Gasteiger partial charge in [0.15, 0.2) is 0 Å². The van der Waals surface area contributed by atoms with E-state index in [0.29, 0.717) is 6.54 Å². The molecule has 0 bridgehead atoms. The zero-order valence-corrected chi connectivity index (χ0v) is 12.7. The molecule has 2 aromatic heterocycles. The molecule has 0 saturated heterocycles. The molecule has 2 rings (SSSR count). The second kappa shape index (κ2) is 6.10. The van der Waals surface area contributed by atoms with Crippen LogP contribution in [0.2, 0.25) is 0 Å². The van der Waals surface area contributed by atoms with Gasteiger partial charge < -0.3 is 16.0 Å². The topological polar surface area (TPSA) is 83.8 Å². The SMILES string of the molecule is CC(C)(C)[C@@H](CN)NC(=O)C=Cc1c[nH]c2ncccc12. The smallest absolute Gasteiger partial charge is 0.244 e. The maximum absolute atomic E-state index is 12.0. The molecule has 0 aliphatic heterocycles. The van der Waals surface area contributed by atoms with E-state index in [1.54, 1.807) is 12.3 Å². The van der Waals surface area contributed by atoms with Crippen molar-refractivity contribution in [3.63, 3.8) is 0 Å². The summed E-state index contributed by atoms with van der Waals surface area (Å²) in [6.45, 7) is 6.58. The van der Waals surface area contributed by atoms with Crippen LogP contribution in [-0.4, -0.2) is 28.5 Å². The first kappa shape index (κ1) is 15.3. The fourth-order valence-corrected chi connectivity index (χ4v) is 2.13. The van der Waals surface area contributed by atoms with Crippen LogP contribution in [0.25, 0.3) is 17.1 Å². The van der Waals surface area contributed by atoms with E-state index >= 15 is 0 Å². The molecule has 2 heterocycles. The monoisotopic (exact) mass is 286 g/mol. The van der Waals surface area contributed by atoms with Gasteiger partial charge in [-0.2, -0.15) is 0 Å². The number of nitrogens with two attached hydrogens (primary N) is 1. The highest BCUT2D eigenvalue weighted by molar-refractivity contribution is 5.95. The highest BCUT2D eigenvalue weighted by Gasteiger charge is 2.23. The second-order valence-electron chi connectivity index (χ2n) is 6.14. The number of nitrogens with one attached hydrogen (secondary N) is 2. The number of H-pyrrole nitrogens is 1. The third kappa shape index (κ3) is 3.70. The average molecular weight is 286 g/mol. The van der Waals surface area contributed by atoms with Gasteiger partial charge in [-0.25, -0.2) is 4.98 Å². The fourth-order valence-electron chi connectivity index (χ4n) is 2.13. The van der Waals surface area contributed by atoms with Crippen molar-refractivity contribution in [2.75, 3.05) is 6.54 Å². The van der Waals surface area contributed by atoms with Gasteiger partial charge in [-0.3, -0.25) is 4.79 Å². The van der Waals surface area contributed by atoms with Crippen molar-refractivity contribution in [3.05, 3.63) is 36.2 Å². The van der Waals surface area contributed by atoms with Gasteiger partial charge in [0.1, 0.15) is 5.65 Å². The molecule has 0 aliphatic rings. The normalized spacial score (nSPS) is 13.7. The first-order valence-corrected chi connectivity index (χ1v) is 7.02. The van der Waals surface area contributed by atoms with Crippen LogP contribution in [0, 0.1) is 5.41 Å². The molecule has 21 heavy (non-hydrogen) atoms. The molecular formula is C16H22N4O. The number of aromatic amines is 1. The van der Waals surface area contributed by atoms with Crippen LogP contribution < -0.4 is 11.1 Å². The lowest BCUT2D eigenvalue weighted by molar-refractivity contribution is -0.117. The molecule has 1 atom stereocenters. The quantitative estimate of drug-likeness (QED) is 0.752. The third-order valence-corrected chi connectivity index (χ3v) is 3.49. The van der Waals surface area contributed by atoms with Crippen LogP contribution in [0.1, 0.15) is 26.3 Å². The lowest BCUT2D eigenvalue weighted by Gasteiger charge is -2.29. The van der Waals surface area contributed by atoms with Crippen molar-refractivity contribution in [2.24, 2.45) is 11.1 Å². The number of fused-ring (bicyclic) bond motifs is 1.